The van der Waals surface area contributed by atoms with Gasteiger partial charge in [0, 0.05) is 18.2 Å². The van der Waals surface area contributed by atoms with Crippen molar-refractivity contribution >= 4 is 11.4 Å². The summed E-state index contributed by atoms with van der Waals surface area (Å²) in [5.74, 6) is 0. The number of anilines is 1. The molecule has 2 aliphatic heterocycles. The second-order valence-corrected chi connectivity index (χ2v) is 5.55. The molecule has 2 aliphatic rings. The molecule has 19 heavy (non-hydrogen) atoms. The van der Waals surface area contributed by atoms with E-state index in [0.29, 0.717) is 5.69 Å². The average molecular weight is 261 g/mol. The highest BCUT2D eigenvalue weighted by Crippen LogP contribution is 2.39. The molecule has 0 aliphatic carbocycles. The third-order valence-corrected chi connectivity index (χ3v) is 4.52. The molecule has 5 nitrogen and oxygen atoms in total. The fourth-order valence-electron chi connectivity index (χ4n) is 3.56. The third kappa shape index (κ3) is 2.18. The molecule has 0 radical (unpaired) electrons. The Hall–Kier alpha value is -1.62. The zero-order valence-electron chi connectivity index (χ0n) is 11.0. The van der Waals surface area contributed by atoms with Gasteiger partial charge in [-0.3, -0.25) is 15.0 Å². The van der Waals surface area contributed by atoms with E-state index in [-0.39, 0.29) is 16.1 Å². The maximum atomic E-state index is 11.0. The Morgan fingerprint density at radius 2 is 1.95 bits per heavy atom. The molecular formula is C14H19N3O2. The zero-order valence-corrected chi connectivity index (χ0v) is 11.0. The Kier molecular flexibility index (Phi) is 3.14. The van der Waals surface area contributed by atoms with Crippen molar-refractivity contribution < 1.29 is 4.92 Å². The molecule has 1 aromatic carbocycles. The summed E-state index contributed by atoms with van der Waals surface area (Å²) in [4.78, 5) is 13.2. The summed E-state index contributed by atoms with van der Waals surface area (Å²) in [6.45, 7) is 3.18. The molecule has 0 bridgehead atoms. The standard InChI is InChI=1S/C14H19N3O2/c18-17(19)13-6-2-1-5-12(13)15-11-14-7-3-9-16(14)10-4-8-14/h1-2,5-6,15H,3-4,7-11H2. The highest BCUT2D eigenvalue weighted by atomic mass is 16.6. The molecule has 0 spiro atoms. The van der Waals surface area contributed by atoms with Crippen molar-refractivity contribution in [2.45, 2.75) is 31.2 Å². The summed E-state index contributed by atoms with van der Waals surface area (Å²) in [6.07, 6.45) is 4.92. The molecule has 2 fully saturated rings. The van der Waals surface area contributed by atoms with Crippen LogP contribution in [-0.2, 0) is 0 Å². The van der Waals surface area contributed by atoms with Gasteiger partial charge in [0.1, 0.15) is 5.69 Å². The van der Waals surface area contributed by atoms with E-state index in [1.807, 2.05) is 6.07 Å². The predicted molar refractivity (Wildman–Crippen MR) is 74.4 cm³/mol. The maximum Gasteiger partial charge on any atom is 0.292 e. The lowest BCUT2D eigenvalue weighted by Crippen LogP contribution is -2.44. The van der Waals surface area contributed by atoms with E-state index in [1.165, 1.54) is 38.8 Å². The highest BCUT2D eigenvalue weighted by molar-refractivity contribution is 5.61. The first kappa shape index (κ1) is 12.4. The molecule has 0 amide bonds. The molecule has 0 saturated carbocycles. The van der Waals surface area contributed by atoms with Gasteiger partial charge in [-0.05, 0) is 44.8 Å². The van der Waals surface area contributed by atoms with E-state index in [1.54, 1.807) is 18.2 Å². The van der Waals surface area contributed by atoms with E-state index >= 15 is 0 Å². The van der Waals surface area contributed by atoms with E-state index in [2.05, 4.69) is 10.2 Å². The minimum atomic E-state index is -0.318. The fourth-order valence-corrected chi connectivity index (χ4v) is 3.56. The minimum absolute atomic E-state index is 0.168. The topological polar surface area (TPSA) is 58.4 Å². The van der Waals surface area contributed by atoms with E-state index in [9.17, 15) is 10.1 Å². The van der Waals surface area contributed by atoms with Crippen molar-refractivity contribution in [2.75, 3.05) is 25.0 Å². The number of nitrogens with one attached hydrogen (secondary N) is 1. The zero-order chi connectivity index (χ0) is 13.3. The van der Waals surface area contributed by atoms with Crippen molar-refractivity contribution in [3.8, 4) is 0 Å². The summed E-state index contributed by atoms with van der Waals surface area (Å²) in [5.41, 5.74) is 1.05. The quantitative estimate of drug-likeness (QED) is 0.668. The van der Waals surface area contributed by atoms with Gasteiger partial charge < -0.3 is 5.32 Å². The second kappa shape index (κ2) is 4.81. The van der Waals surface area contributed by atoms with Crippen LogP contribution < -0.4 is 5.32 Å². The smallest absolute Gasteiger partial charge is 0.292 e. The summed E-state index contributed by atoms with van der Waals surface area (Å²) in [6, 6.07) is 6.90. The van der Waals surface area contributed by atoms with Gasteiger partial charge in [0.15, 0.2) is 0 Å². The summed E-state index contributed by atoms with van der Waals surface area (Å²) < 4.78 is 0. The fraction of sp³-hybridized carbons (Fsp3) is 0.571. The van der Waals surface area contributed by atoms with Crippen LogP contribution in [0.4, 0.5) is 11.4 Å². The van der Waals surface area contributed by atoms with Gasteiger partial charge in [-0.1, -0.05) is 12.1 Å². The Morgan fingerprint density at radius 3 is 2.63 bits per heavy atom. The average Bonchev–Trinajstić information content (AvgIpc) is 2.96. The van der Waals surface area contributed by atoms with Crippen LogP contribution >= 0.6 is 0 Å². The van der Waals surface area contributed by atoms with Gasteiger partial charge in [0.25, 0.3) is 5.69 Å². The Labute approximate surface area is 112 Å². The maximum absolute atomic E-state index is 11.0. The summed E-state index contributed by atoms with van der Waals surface area (Å²) in [7, 11) is 0. The van der Waals surface area contributed by atoms with Crippen molar-refractivity contribution in [3.63, 3.8) is 0 Å². The van der Waals surface area contributed by atoms with Crippen LogP contribution in [0.5, 0.6) is 0 Å². The number of rotatable bonds is 4. The number of para-hydroxylation sites is 2. The van der Waals surface area contributed by atoms with Crippen molar-refractivity contribution in [2.24, 2.45) is 0 Å². The number of benzene rings is 1. The molecule has 102 valence electrons. The Morgan fingerprint density at radius 1 is 1.26 bits per heavy atom. The molecule has 0 aromatic heterocycles. The second-order valence-electron chi connectivity index (χ2n) is 5.55. The molecule has 1 aromatic rings. The Bertz CT molecular complexity index is 479. The largest absolute Gasteiger partial charge is 0.378 e. The van der Waals surface area contributed by atoms with Crippen molar-refractivity contribution in [1.82, 2.24) is 4.90 Å². The number of hydrogen-bond acceptors (Lipinski definition) is 4. The van der Waals surface area contributed by atoms with E-state index in [4.69, 9.17) is 0 Å². The molecule has 1 N–H and O–H groups in total. The number of nitrogens with zero attached hydrogens (tertiary/aromatic N) is 2. The summed E-state index contributed by atoms with van der Waals surface area (Å²) >= 11 is 0. The lowest BCUT2D eigenvalue weighted by Gasteiger charge is -2.32. The predicted octanol–water partition coefficient (Wildman–Crippen LogP) is 2.64. The highest BCUT2D eigenvalue weighted by Gasteiger charge is 2.43. The van der Waals surface area contributed by atoms with Gasteiger partial charge >= 0.3 is 0 Å². The van der Waals surface area contributed by atoms with Gasteiger partial charge in [-0.15, -0.1) is 0 Å². The van der Waals surface area contributed by atoms with Crippen LogP contribution in [0.25, 0.3) is 0 Å². The van der Waals surface area contributed by atoms with Gasteiger partial charge in [0.05, 0.1) is 4.92 Å². The third-order valence-electron chi connectivity index (χ3n) is 4.52. The van der Waals surface area contributed by atoms with Crippen LogP contribution in [0.1, 0.15) is 25.7 Å². The number of hydrogen-bond donors (Lipinski definition) is 1. The first-order chi connectivity index (χ1) is 9.21. The molecule has 3 rings (SSSR count). The Balaban J connectivity index is 1.74. The molecule has 2 heterocycles. The first-order valence-electron chi connectivity index (χ1n) is 6.94. The first-order valence-corrected chi connectivity index (χ1v) is 6.94. The normalized spacial score (nSPS) is 21.3. The van der Waals surface area contributed by atoms with Crippen LogP contribution in [0.15, 0.2) is 24.3 Å². The minimum Gasteiger partial charge on any atom is -0.378 e. The number of nitro benzene ring substituents is 1. The lowest BCUT2D eigenvalue weighted by molar-refractivity contribution is -0.384. The molecule has 5 heteroatoms. The van der Waals surface area contributed by atoms with Crippen LogP contribution in [0, 0.1) is 10.1 Å². The summed E-state index contributed by atoms with van der Waals surface area (Å²) in [5, 5.41) is 14.3. The van der Waals surface area contributed by atoms with Crippen LogP contribution in [0.3, 0.4) is 0 Å². The van der Waals surface area contributed by atoms with Gasteiger partial charge in [-0.25, -0.2) is 0 Å². The molecule has 0 unspecified atom stereocenters. The van der Waals surface area contributed by atoms with Crippen molar-refractivity contribution in [3.05, 3.63) is 34.4 Å². The van der Waals surface area contributed by atoms with Gasteiger partial charge in [0.2, 0.25) is 0 Å². The van der Waals surface area contributed by atoms with Crippen molar-refractivity contribution in [1.29, 1.82) is 0 Å². The lowest BCUT2D eigenvalue weighted by atomic mass is 9.94. The molecule has 0 atom stereocenters. The molecular weight excluding hydrogens is 242 g/mol. The SMILES string of the molecule is O=[N+]([O-])c1ccccc1NCC12CCCN1CCC2. The number of nitro groups is 1. The van der Waals surface area contributed by atoms with Crippen LogP contribution in [-0.4, -0.2) is 35.0 Å². The van der Waals surface area contributed by atoms with E-state index in [0.717, 1.165) is 6.54 Å². The van der Waals surface area contributed by atoms with Crippen LogP contribution in [0.2, 0.25) is 0 Å². The van der Waals surface area contributed by atoms with Gasteiger partial charge in [-0.2, -0.15) is 0 Å². The number of fused-ring (bicyclic) bond motifs is 1. The molecule has 2 saturated heterocycles. The monoisotopic (exact) mass is 261 g/mol. The van der Waals surface area contributed by atoms with E-state index < -0.39 is 0 Å².